The smallest absolute Gasteiger partial charge is 0.295 e. The maximum absolute atomic E-state index is 11.1. The molecule has 106 valence electrons. The van der Waals surface area contributed by atoms with Crippen LogP contribution in [-0.2, 0) is 0 Å². The Hall–Kier alpha value is -2.96. The molecule has 0 aliphatic rings. The maximum Gasteiger partial charge on any atom is 0.295 e. The van der Waals surface area contributed by atoms with Crippen molar-refractivity contribution in [3.63, 3.8) is 0 Å². The van der Waals surface area contributed by atoms with E-state index in [1.165, 1.54) is 6.07 Å². The third kappa shape index (κ3) is 2.40. The van der Waals surface area contributed by atoms with Crippen molar-refractivity contribution in [2.45, 2.75) is 13.0 Å². The number of para-hydroxylation sites is 1. The van der Waals surface area contributed by atoms with E-state index < -0.39 is 4.92 Å². The fourth-order valence-corrected chi connectivity index (χ4v) is 2.25. The number of fused-ring (bicyclic) bond motifs is 1. The number of aromatic nitrogens is 3. The Kier molecular flexibility index (Phi) is 3.23. The first-order valence-corrected chi connectivity index (χ1v) is 6.44. The summed E-state index contributed by atoms with van der Waals surface area (Å²) in [6, 6.07) is 6.77. The van der Waals surface area contributed by atoms with Crippen molar-refractivity contribution in [2.75, 3.05) is 5.32 Å². The highest BCUT2D eigenvalue weighted by Gasteiger charge is 2.15. The monoisotopic (exact) mass is 283 g/mol. The highest BCUT2D eigenvalue weighted by atomic mass is 16.6. The lowest BCUT2D eigenvalue weighted by atomic mass is 10.1. The van der Waals surface area contributed by atoms with Gasteiger partial charge in [-0.15, -0.1) is 0 Å². The molecule has 0 saturated heterocycles. The number of nitrogens with zero attached hydrogens (tertiary/aromatic N) is 3. The SMILES string of the molecule is CC(Nc1ccnc2c([N+](=O)[O-])cccc12)c1cn[nH]c1. The number of nitro benzene ring substituents is 1. The van der Waals surface area contributed by atoms with Gasteiger partial charge in [-0.25, -0.2) is 4.98 Å². The molecule has 0 bridgehead atoms. The van der Waals surface area contributed by atoms with Crippen LogP contribution in [0.5, 0.6) is 0 Å². The van der Waals surface area contributed by atoms with Gasteiger partial charge in [0.2, 0.25) is 0 Å². The Morgan fingerprint density at radius 3 is 2.95 bits per heavy atom. The average molecular weight is 283 g/mol. The first-order valence-electron chi connectivity index (χ1n) is 6.44. The lowest BCUT2D eigenvalue weighted by molar-refractivity contribution is -0.383. The van der Waals surface area contributed by atoms with Crippen molar-refractivity contribution < 1.29 is 4.92 Å². The number of aromatic amines is 1. The number of pyridine rings is 1. The number of anilines is 1. The van der Waals surface area contributed by atoms with Crippen LogP contribution in [0.4, 0.5) is 11.4 Å². The molecule has 3 rings (SSSR count). The Morgan fingerprint density at radius 2 is 2.24 bits per heavy atom. The summed E-state index contributed by atoms with van der Waals surface area (Å²) >= 11 is 0. The molecular formula is C14H13N5O2. The second-order valence-electron chi connectivity index (χ2n) is 4.69. The molecule has 21 heavy (non-hydrogen) atoms. The number of H-pyrrole nitrogens is 1. The van der Waals surface area contributed by atoms with Crippen LogP contribution in [0.3, 0.4) is 0 Å². The normalized spacial score (nSPS) is 12.2. The van der Waals surface area contributed by atoms with Gasteiger partial charge in [0.05, 0.1) is 17.2 Å². The van der Waals surface area contributed by atoms with Gasteiger partial charge in [0.25, 0.3) is 5.69 Å². The molecule has 0 fully saturated rings. The molecule has 0 aliphatic carbocycles. The van der Waals surface area contributed by atoms with E-state index in [0.29, 0.717) is 5.52 Å². The first kappa shape index (κ1) is 13.0. The minimum Gasteiger partial charge on any atom is -0.378 e. The van der Waals surface area contributed by atoms with E-state index in [1.807, 2.05) is 25.3 Å². The van der Waals surface area contributed by atoms with Gasteiger partial charge in [0.15, 0.2) is 0 Å². The molecule has 1 unspecified atom stereocenters. The van der Waals surface area contributed by atoms with Crippen molar-refractivity contribution in [2.24, 2.45) is 0 Å². The van der Waals surface area contributed by atoms with Crippen molar-refractivity contribution in [3.8, 4) is 0 Å². The number of hydrogen-bond acceptors (Lipinski definition) is 5. The van der Waals surface area contributed by atoms with E-state index in [1.54, 1.807) is 18.5 Å². The van der Waals surface area contributed by atoms with Gasteiger partial charge < -0.3 is 5.32 Å². The van der Waals surface area contributed by atoms with E-state index in [2.05, 4.69) is 20.5 Å². The van der Waals surface area contributed by atoms with E-state index >= 15 is 0 Å². The zero-order valence-electron chi connectivity index (χ0n) is 11.3. The molecule has 0 aliphatic heterocycles. The molecular weight excluding hydrogens is 270 g/mol. The van der Waals surface area contributed by atoms with Crippen LogP contribution in [0.2, 0.25) is 0 Å². The van der Waals surface area contributed by atoms with Crippen molar-refractivity contribution in [1.82, 2.24) is 15.2 Å². The first-order chi connectivity index (χ1) is 10.2. The zero-order chi connectivity index (χ0) is 14.8. The van der Waals surface area contributed by atoms with E-state index in [4.69, 9.17) is 0 Å². The van der Waals surface area contributed by atoms with Crippen LogP contribution in [-0.4, -0.2) is 20.1 Å². The quantitative estimate of drug-likeness (QED) is 0.566. The van der Waals surface area contributed by atoms with Crippen LogP contribution in [0, 0.1) is 10.1 Å². The topological polar surface area (TPSA) is 96.7 Å². The number of nitro groups is 1. The molecule has 1 aromatic carbocycles. The summed E-state index contributed by atoms with van der Waals surface area (Å²) in [6.45, 7) is 1.99. The summed E-state index contributed by atoms with van der Waals surface area (Å²) in [6.07, 6.45) is 5.12. The molecule has 1 atom stereocenters. The molecule has 3 aromatic rings. The van der Waals surface area contributed by atoms with Gasteiger partial charge in [-0.1, -0.05) is 12.1 Å². The zero-order valence-corrected chi connectivity index (χ0v) is 11.3. The van der Waals surface area contributed by atoms with Gasteiger partial charge in [0, 0.05) is 35.1 Å². The van der Waals surface area contributed by atoms with Crippen LogP contribution < -0.4 is 5.32 Å². The van der Waals surface area contributed by atoms with Crippen molar-refractivity contribution in [1.29, 1.82) is 0 Å². The summed E-state index contributed by atoms with van der Waals surface area (Å²) < 4.78 is 0. The standard InChI is InChI=1S/C14H13N5O2/c1-9(10-7-16-17-8-10)18-12-5-6-15-14-11(12)3-2-4-13(14)19(20)21/h2-9H,1H3,(H,15,18)(H,16,17). The van der Waals surface area contributed by atoms with Crippen LogP contribution in [0.25, 0.3) is 10.9 Å². The van der Waals surface area contributed by atoms with E-state index in [-0.39, 0.29) is 11.7 Å². The Labute approximate surface area is 120 Å². The third-order valence-corrected chi connectivity index (χ3v) is 3.34. The lowest BCUT2D eigenvalue weighted by Crippen LogP contribution is -2.06. The van der Waals surface area contributed by atoms with Crippen LogP contribution in [0.1, 0.15) is 18.5 Å². The Morgan fingerprint density at radius 1 is 1.38 bits per heavy atom. The number of non-ortho nitro benzene ring substituents is 1. The molecule has 0 saturated carbocycles. The summed E-state index contributed by atoms with van der Waals surface area (Å²) in [5.74, 6) is 0. The molecule has 0 amide bonds. The van der Waals surface area contributed by atoms with Gasteiger partial charge in [-0.05, 0) is 13.0 Å². The summed E-state index contributed by atoms with van der Waals surface area (Å²) in [5, 5.41) is 21.8. The number of nitrogens with one attached hydrogen (secondary N) is 2. The van der Waals surface area contributed by atoms with Crippen molar-refractivity contribution >= 4 is 22.3 Å². The molecule has 0 spiro atoms. The molecule has 0 radical (unpaired) electrons. The molecule has 7 heteroatoms. The maximum atomic E-state index is 11.1. The molecule has 2 heterocycles. The Balaban J connectivity index is 2.03. The minimum absolute atomic E-state index is 0.00659. The number of hydrogen-bond donors (Lipinski definition) is 2. The van der Waals surface area contributed by atoms with E-state index in [0.717, 1.165) is 16.6 Å². The summed E-state index contributed by atoms with van der Waals surface area (Å²) in [7, 11) is 0. The number of rotatable bonds is 4. The van der Waals surface area contributed by atoms with Crippen LogP contribution in [0.15, 0.2) is 42.9 Å². The van der Waals surface area contributed by atoms with Gasteiger partial charge in [0.1, 0.15) is 5.52 Å². The van der Waals surface area contributed by atoms with Crippen molar-refractivity contribution in [3.05, 3.63) is 58.5 Å². The molecule has 2 N–H and O–H groups in total. The van der Waals surface area contributed by atoms with Crippen LogP contribution >= 0.6 is 0 Å². The fraction of sp³-hybridized carbons (Fsp3) is 0.143. The number of benzene rings is 1. The summed E-state index contributed by atoms with van der Waals surface area (Å²) in [4.78, 5) is 14.8. The predicted octanol–water partition coefficient (Wildman–Crippen LogP) is 3.04. The predicted molar refractivity (Wildman–Crippen MR) is 79.0 cm³/mol. The third-order valence-electron chi connectivity index (χ3n) is 3.34. The molecule has 2 aromatic heterocycles. The fourth-order valence-electron chi connectivity index (χ4n) is 2.25. The second-order valence-corrected chi connectivity index (χ2v) is 4.69. The largest absolute Gasteiger partial charge is 0.378 e. The van der Waals surface area contributed by atoms with Gasteiger partial charge in [-0.3, -0.25) is 15.2 Å². The van der Waals surface area contributed by atoms with Gasteiger partial charge >= 0.3 is 0 Å². The van der Waals surface area contributed by atoms with E-state index in [9.17, 15) is 10.1 Å². The molecule has 7 nitrogen and oxygen atoms in total. The highest BCUT2D eigenvalue weighted by molar-refractivity contribution is 5.96. The average Bonchev–Trinajstić information content (AvgIpc) is 3.01. The minimum atomic E-state index is -0.418. The highest BCUT2D eigenvalue weighted by Crippen LogP contribution is 2.30. The summed E-state index contributed by atoms with van der Waals surface area (Å²) in [5.41, 5.74) is 2.20. The second kappa shape index (κ2) is 5.20. The Bertz CT molecular complexity index is 785. The lowest BCUT2D eigenvalue weighted by Gasteiger charge is -2.15. The van der Waals surface area contributed by atoms with Gasteiger partial charge in [-0.2, -0.15) is 5.10 Å².